The van der Waals surface area contributed by atoms with Crippen LogP contribution in [0.25, 0.3) is 0 Å². The molecule has 0 aliphatic carbocycles. The SMILES string of the molecule is CNC(=S)NCc1ncccc1C. The van der Waals surface area contributed by atoms with Crippen LogP contribution < -0.4 is 10.6 Å². The molecule has 0 fully saturated rings. The predicted octanol–water partition coefficient (Wildman–Crippen LogP) is 0.984. The molecule has 0 aromatic carbocycles. The molecule has 0 radical (unpaired) electrons. The largest absolute Gasteiger partial charge is 0.366 e. The average Bonchev–Trinajstić information content (AvgIpc) is 2.16. The van der Waals surface area contributed by atoms with Crippen molar-refractivity contribution in [2.24, 2.45) is 0 Å². The van der Waals surface area contributed by atoms with E-state index in [9.17, 15) is 0 Å². The third-order valence-electron chi connectivity index (χ3n) is 1.76. The van der Waals surface area contributed by atoms with Gasteiger partial charge in [0.1, 0.15) is 0 Å². The number of pyridine rings is 1. The van der Waals surface area contributed by atoms with E-state index in [1.807, 2.05) is 19.1 Å². The van der Waals surface area contributed by atoms with Crippen LogP contribution in [0.3, 0.4) is 0 Å². The topological polar surface area (TPSA) is 37.0 Å². The number of hydrogen-bond acceptors (Lipinski definition) is 2. The van der Waals surface area contributed by atoms with Gasteiger partial charge in [-0.3, -0.25) is 4.98 Å². The summed E-state index contributed by atoms with van der Waals surface area (Å²) >= 11 is 4.95. The summed E-state index contributed by atoms with van der Waals surface area (Å²) in [6.07, 6.45) is 1.78. The number of rotatable bonds is 2. The maximum absolute atomic E-state index is 4.95. The lowest BCUT2D eigenvalue weighted by atomic mass is 10.2. The van der Waals surface area contributed by atoms with Crippen molar-refractivity contribution in [1.29, 1.82) is 0 Å². The van der Waals surface area contributed by atoms with Gasteiger partial charge in [0.25, 0.3) is 0 Å². The Balaban J connectivity index is 2.54. The van der Waals surface area contributed by atoms with Crippen molar-refractivity contribution in [3.8, 4) is 0 Å². The highest BCUT2D eigenvalue weighted by atomic mass is 32.1. The lowest BCUT2D eigenvalue weighted by molar-refractivity contribution is 0.847. The van der Waals surface area contributed by atoms with Crippen LogP contribution in [0.15, 0.2) is 18.3 Å². The average molecular weight is 195 g/mol. The molecule has 4 heteroatoms. The van der Waals surface area contributed by atoms with Crippen molar-refractivity contribution in [2.75, 3.05) is 7.05 Å². The van der Waals surface area contributed by atoms with Crippen molar-refractivity contribution in [1.82, 2.24) is 15.6 Å². The monoisotopic (exact) mass is 195 g/mol. The van der Waals surface area contributed by atoms with Crippen LogP contribution in [0.1, 0.15) is 11.3 Å². The minimum absolute atomic E-state index is 0.644. The van der Waals surface area contributed by atoms with Gasteiger partial charge in [0.05, 0.1) is 12.2 Å². The van der Waals surface area contributed by atoms with Crippen LogP contribution in [-0.4, -0.2) is 17.1 Å². The van der Waals surface area contributed by atoms with E-state index in [1.54, 1.807) is 13.2 Å². The Labute approximate surface area is 83.6 Å². The van der Waals surface area contributed by atoms with Crippen molar-refractivity contribution < 1.29 is 0 Å². The van der Waals surface area contributed by atoms with Crippen molar-refractivity contribution in [3.63, 3.8) is 0 Å². The van der Waals surface area contributed by atoms with Crippen molar-refractivity contribution in [2.45, 2.75) is 13.5 Å². The second-order valence-electron chi connectivity index (χ2n) is 2.70. The number of thiocarbonyl (C=S) groups is 1. The number of nitrogens with zero attached hydrogens (tertiary/aromatic N) is 1. The van der Waals surface area contributed by atoms with Gasteiger partial charge in [-0.1, -0.05) is 6.07 Å². The number of nitrogens with one attached hydrogen (secondary N) is 2. The lowest BCUT2D eigenvalue weighted by Gasteiger charge is -2.07. The molecule has 0 saturated carbocycles. The minimum atomic E-state index is 0.644. The van der Waals surface area contributed by atoms with Gasteiger partial charge in [0.2, 0.25) is 0 Å². The molecule has 1 aromatic rings. The third kappa shape index (κ3) is 2.99. The Morgan fingerprint density at radius 1 is 1.62 bits per heavy atom. The second-order valence-corrected chi connectivity index (χ2v) is 3.11. The minimum Gasteiger partial charge on any atom is -0.366 e. The lowest BCUT2D eigenvalue weighted by Crippen LogP contribution is -2.32. The van der Waals surface area contributed by atoms with E-state index in [2.05, 4.69) is 15.6 Å². The second kappa shape index (κ2) is 4.77. The fourth-order valence-electron chi connectivity index (χ4n) is 0.956. The van der Waals surface area contributed by atoms with Crippen molar-refractivity contribution in [3.05, 3.63) is 29.6 Å². The van der Waals surface area contributed by atoms with Crippen LogP contribution in [-0.2, 0) is 6.54 Å². The maximum atomic E-state index is 4.95. The first-order chi connectivity index (χ1) is 6.24. The fourth-order valence-corrected chi connectivity index (χ4v) is 1.03. The molecular formula is C9H13N3S. The van der Waals surface area contributed by atoms with E-state index in [-0.39, 0.29) is 0 Å². The Bertz CT molecular complexity index is 299. The molecule has 0 spiro atoms. The maximum Gasteiger partial charge on any atom is 0.166 e. The molecule has 0 unspecified atom stereocenters. The quantitative estimate of drug-likeness (QED) is 0.690. The standard InChI is InChI=1S/C9H13N3S/c1-7-4-3-5-11-8(7)6-12-9(13)10-2/h3-5H,6H2,1-2H3,(H2,10,12,13). The zero-order chi connectivity index (χ0) is 9.68. The van der Waals surface area contributed by atoms with E-state index in [4.69, 9.17) is 12.2 Å². The highest BCUT2D eigenvalue weighted by molar-refractivity contribution is 7.80. The van der Waals surface area contributed by atoms with Gasteiger partial charge in [-0.15, -0.1) is 0 Å². The van der Waals surface area contributed by atoms with E-state index in [0.29, 0.717) is 11.7 Å². The Kier molecular flexibility index (Phi) is 3.64. The number of hydrogen-bond donors (Lipinski definition) is 2. The van der Waals surface area contributed by atoms with Crippen LogP contribution >= 0.6 is 12.2 Å². The molecule has 2 N–H and O–H groups in total. The summed E-state index contributed by atoms with van der Waals surface area (Å²) in [7, 11) is 1.79. The molecule has 1 rings (SSSR count). The highest BCUT2D eigenvalue weighted by Crippen LogP contribution is 2.01. The van der Waals surface area contributed by atoms with E-state index >= 15 is 0 Å². The number of aryl methyl sites for hydroxylation is 1. The van der Waals surface area contributed by atoms with Gasteiger partial charge >= 0.3 is 0 Å². The molecule has 3 nitrogen and oxygen atoms in total. The smallest absolute Gasteiger partial charge is 0.166 e. The first-order valence-electron chi connectivity index (χ1n) is 4.10. The molecule has 70 valence electrons. The summed E-state index contributed by atoms with van der Waals surface area (Å²) in [6, 6.07) is 3.96. The molecule has 0 saturated heterocycles. The predicted molar refractivity (Wildman–Crippen MR) is 57.5 cm³/mol. The Morgan fingerprint density at radius 2 is 2.38 bits per heavy atom. The molecule has 0 amide bonds. The molecule has 0 atom stereocenters. The normalized spacial score (nSPS) is 9.38. The van der Waals surface area contributed by atoms with Crippen molar-refractivity contribution >= 4 is 17.3 Å². The molecule has 13 heavy (non-hydrogen) atoms. The molecular weight excluding hydrogens is 182 g/mol. The Morgan fingerprint density at radius 3 is 3.00 bits per heavy atom. The van der Waals surface area contributed by atoms with Crippen LogP contribution in [0.2, 0.25) is 0 Å². The summed E-state index contributed by atoms with van der Waals surface area (Å²) in [6.45, 7) is 2.71. The van der Waals surface area contributed by atoms with Gasteiger partial charge in [-0.05, 0) is 30.8 Å². The molecule has 0 aliphatic rings. The van der Waals surface area contributed by atoms with Gasteiger partial charge in [-0.2, -0.15) is 0 Å². The summed E-state index contributed by atoms with van der Waals surface area (Å²) in [5, 5.41) is 6.54. The first kappa shape index (κ1) is 9.92. The summed E-state index contributed by atoms with van der Waals surface area (Å²) in [5.74, 6) is 0. The summed E-state index contributed by atoms with van der Waals surface area (Å²) in [4.78, 5) is 4.23. The van der Waals surface area contributed by atoms with Gasteiger partial charge in [0.15, 0.2) is 5.11 Å². The van der Waals surface area contributed by atoms with Gasteiger partial charge in [-0.25, -0.2) is 0 Å². The number of aromatic nitrogens is 1. The van der Waals surface area contributed by atoms with Gasteiger partial charge < -0.3 is 10.6 Å². The molecule has 1 aromatic heterocycles. The van der Waals surface area contributed by atoms with Crippen LogP contribution in [0.5, 0.6) is 0 Å². The first-order valence-corrected chi connectivity index (χ1v) is 4.51. The summed E-state index contributed by atoms with van der Waals surface area (Å²) < 4.78 is 0. The molecule has 0 aliphatic heterocycles. The van der Waals surface area contributed by atoms with E-state index in [1.165, 1.54) is 5.56 Å². The third-order valence-corrected chi connectivity index (χ3v) is 2.11. The fraction of sp³-hybridized carbons (Fsp3) is 0.333. The highest BCUT2D eigenvalue weighted by Gasteiger charge is 1.98. The van der Waals surface area contributed by atoms with E-state index in [0.717, 1.165) is 5.69 Å². The van der Waals surface area contributed by atoms with Crippen LogP contribution in [0, 0.1) is 6.92 Å². The summed E-state index contributed by atoms with van der Waals surface area (Å²) in [5.41, 5.74) is 2.20. The zero-order valence-electron chi connectivity index (χ0n) is 7.79. The van der Waals surface area contributed by atoms with Gasteiger partial charge in [0, 0.05) is 13.2 Å². The van der Waals surface area contributed by atoms with Crippen LogP contribution in [0.4, 0.5) is 0 Å². The molecule has 0 bridgehead atoms. The van der Waals surface area contributed by atoms with E-state index < -0.39 is 0 Å². The molecule has 1 heterocycles. The zero-order valence-corrected chi connectivity index (χ0v) is 8.61. The Hall–Kier alpha value is -1.16.